The Balaban J connectivity index is 0.00000152. The Hall–Kier alpha value is -3.88. The minimum atomic E-state index is 0. The number of nitrogens with one attached hydrogen (secondary N) is 4. The Bertz CT molecular complexity index is 1410. The number of rotatable bonds is 4. The SMILES string of the molecule is C(=N\NC1=NCCN1)/c1c2ccccc2c(/C=N/NC2=NCCN2)c2cc3ccccc3cc12.Cl.Cl. The smallest absolute Gasteiger partial charge is 0.212 e. The highest BCUT2D eigenvalue weighted by Crippen LogP contribution is 2.34. The molecule has 184 valence electrons. The fourth-order valence-electron chi connectivity index (χ4n) is 4.47. The van der Waals surface area contributed by atoms with Crippen molar-refractivity contribution in [2.45, 2.75) is 0 Å². The molecular formula is C26H26Cl2N8. The summed E-state index contributed by atoms with van der Waals surface area (Å²) in [6.45, 7) is 3.19. The van der Waals surface area contributed by atoms with Gasteiger partial charge in [-0.2, -0.15) is 10.2 Å². The lowest BCUT2D eigenvalue weighted by Crippen LogP contribution is -2.30. The average Bonchev–Trinajstić information content (AvgIpc) is 3.59. The van der Waals surface area contributed by atoms with Gasteiger partial charge in [-0.25, -0.2) is 20.8 Å². The van der Waals surface area contributed by atoms with Gasteiger partial charge in [0, 0.05) is 24.2 Å². The van der Waals surface area contributed by atoms with Crippen LogP contribution in [0.15, 0.2) is 80.9 Å². The molecule has 0 aliphatic carbocycles. The van der Waals surface area contributed by atoms with Crippen LogP contribution in [0.1, 0.15) is 11.1 Å². The Labute approximate surface area is 220 Å². The number of guanidine groups is 2. The monoisotopic (exact) mass is 520 g/mol. The topological polar surface area (TPSA) is 97.6 Å². The molecule has 2 heterocycles. The van der Waals surface area contributed by atoms with Gasteiger partial charge in [-0.3, -0.25) is 0 Å². The zero-order chi connectivity index (χ0) is 22.7. The van der Waals surface area contributed by atoms with E-state index in [4.69, 9.17) is 0 Å². The molecule has 0 atom stereocenters. The van der Waals surface area contributed by atoms with Gasteiger partial charge >= 0.3 is 0 Å². The van der Waals surface area contributed by atoms with Crippen LogP contribution < -0.4 is 21.5 Å². The first kappa shape index (κ1) is 25.2. The molecule has 0 aromatic heterocycles. The maximum atomic E-state index is 4.51. The highest BCUT2D eigenvalue weighted by Gasteiger charge is 2.13. The van der Waals surface area contributed by atoms with Gasteiger partial charge < -0.3 is 10.6 Å². The van der Waals surface area contributed by atoms with E-state index in [0.29, 0.717) is 11.9 Å². The molecule has 8 nitrogen and oxygen atoms in total. The summed E-state index contributed by atoms with van der Waals surface area (Å²) < 4.78 is 0. The first-order valence-electron chi connectivity index (χ1n) is 11.4. The Morgan fingerprint density at radius 2 is 1.08 bits per heavy atom. The molecule has 4 N–H and O–H groups in total. The number of hydrogen-bond donors (Lipinski definition) is 4. The Morgan fingerprint density at radius 1 is 0.639 bits per heavy atom. The second kappa shape index (κ2) is 11.2. The van der Waals surface area contributed by atoms with Gasteiger partial charge in [-0.1, -0.05) is 48.5 Å². The van der Waals surface area contributed by atoms with E-state index in [9.17, 15) is 0 Å². The van der Waals surface area contributed by atoms with Crippen molar-refractivity contribution in [1.82, 2.24) is 21.5 Å². The third kappa shape index (κ3) is 4.91. The molecule has 4 aromatic rings. The number of halogens is 2. The van der Waals surface area contributed by atoms with Crippen LogP contribution >= 0.6 is 24.8 Å². The zero-order valence-electron chi connectivity index (χ0n) is 19.4. The van der Waals surface area contributed by atoms with Crippen LogP contribution in [0.2, 0.25) is 0 Å². The van der Waals surface area contributed by atoms with Crippen LogP contribution in [0.3, 0.4) is 0 Å². The van der Waals surface area contributed by atoms with Gasteiger partial charge in [0.25, 0.3) is 0 Å². The lowest BCUT2D eigenvalue weighted by Gasteiger charge is -2.14. The molecule has 36 heavy (non-hydrogen) atoms. The quantitative estimate of drug-likeness (QED) is 0.187. The van der Waals surface area contributed by atoms with E-state index >= 15 is 0 Å². The predicted molar refractivity (Wildman–Crippen MR) is 156 cm³/mol. The number of hydrogen-bond acceptors (Lipinski definition) is 8. The molecular weight excluding hydrogens is 495 g/mol. The largest absolute Gasteiger partial charge is 0.353 e. The van der Waals surface area contributed by atoms with Gasteiger partial charge in [-0.15, -0.1) is 24.8 Å². The lowest BCUT2D eigenvalue weighted by molar-refractivity contribution is 0.920. The van der Waals surface area contributed by atoms with Gasteiger partial charge in [-0.05, 0) is 44.5 Å². The summed E-state index contributed by atoms with van der Waals surface area (Å²) in [4.78, 5) is 8.71. The van der Waals surface area contributed by atoms with Gasteiger partial charge in [0.1, 0.15) is 0 Å². The molecule has 0 fully saturated rings. The molecule has 0 saturated heterocycles. The summed E-state index contributed by atoms with van der Waals surface area (Å²) in [7, 11) is 0. The first-order valence-corrected chi connectivity index (χ1v) is 11.4. The maximum absolute atomic E-state index is 4.51. The molecule has 2 aliphatic heterocycles. The standard InChI is InChI=1S/C26H24N8.2ClH/c1-2-6-18-14-22-21(13-17(18)5-1)23(15-31-33-25-27-9-10-28-25)19-7-3-4-8-20(19)24(22)16-32-34-26-29-11-12-30-26;;/h1-8,13-16H,9-12H2,(H2,27,28,33)(H2,29,30,34);2*1H/b31-15+,32-16+;;. The summed E-state index contributed by atoms with van der Waals surface area (Å²) in [5, 5.41) is 22.2. The normalized spacial score (nSPS) is 14.9. The highest BCUT2D eigenvalue weighted by atomic mass is 35.5. The predicted octanol–water partition coefficient (Wildman–Crippen LogP) is 3.76. The van der Waals surface area contributed by atoms with E-state index in [0.717, 1.165) is 58.9 Å². The van der Waals surface area contributed by atoms with Crippen molar-refractivity contribution in [3.8, 4) is 0 Å². The third-order valence-corrected chi connectivity index (χ3v) is 6.05. The minimum absolute atomic E-state index is 0. The van der Waals surface area contributed by atoms with E-state index in [1.807, 2.05) is 12.4 Å². The molecule has 0 saturated carbocycles. The van der Waals surface area contributed by atoms with Crippen LogP contribution in [-0.4, -0.2) is 50.5 Å². The van der Waals surface area contributed by atoms with Crippen molar-refractivity contribution >= 4 is 81.5 Å². The minimum Gasteiger partial charge on any atom is -0.353 e. The number of fused-ring (bicyclic) bond motifs is 3. The summed E-state index contributed by atoms with van der Waals surface area (Å²) in [6, 6.07) is 21.2. The van der Waals surface area contributed by atoms with E-state index < -0.39 is 0 Å². The van der Waals surface area contributed by atoms with Gasteiger partial charge in [0.15, 0.2) is 0 Å². The lowest BCUT2D eigenvalue weighted by atomic mass is 9.90. The summed E-state index contributed by atoms with van der Waals surface area (Å²) in [6.07, 6.45) is 3.77. The molecule has 4 aromatic carbocycles. The van der Waals surface area contributed by atoms with Crippen molar-refractivity contribution in [3.05, 3.63) is 71.8 Å². The van der Waals surface area contributed by atoms with Crippen LogP contribution in [0.5, 0.6) is 0 Å². The fourth-order valence-corrected chi connectivity index (χ4v) is 4.47. The van der Waals surface area contributed by atoms with E-state index in [-0.39, 0.29) is 24.8 Å². The summed E-state index contributed by atoms with van der Waals surface area (Å²) in [5.74, 6) is 1.40. The van der Waals surface area contributed by atoms with Crippen LogP contribution in [-0.2, 0) is 0 Å². The van der Waals surface area contributed by atoms with Crippen molar-refractivity contribution in [1.29, 1.82) is 0 Å². The fraction of sp³-hybridized carbons (Fsp3) is 0.154. The number of aliphatic imine (C=N–C) groups is 2. The van der Waals surface area contributed by atoms with E-state index in [2.05, 4.69) is 102 Å². The van der Waals surface area contributed by atoms with Gasteiger partial charge in [0.2, 0.25) is 11.9 Å². The maximum Gasteiger partial charge on any atom is 0.212 e. The van der Waals surface area contributed by atoms with Crippen LogP contribution in [0, 0.1) is 0 Å². The number of benzene rings is 4. The van der Waals surface area contributed by atoms with E-state index in [1.165, 1.54) is 10.8 Å². The number of hydrazone groups is 2. The summed E-state index contributed by atoms with van der Waals surface area (Å²) in [5.41, 5.74) is 8.16. The van der Waals surface area contributed by atoms with Crippen LogP contribution in [0.25, 0.3) is 32.3 Å². The van der Waals surface area contributed by atoms with Crippen molar-refractivity contribution in [2.24, 2.45) is 20.2 Å². The first-order chi connectivity index (χ1) is 16.9. The molecule has 6 rings (SSSR count). The second-order valence-corrected chi connectivity index (χ2v) is 8.17. The number of nitrogens with zero attached hydrogens (tertiary/aromatic N) is 4. The van der Waals surface area contributed by atoms with Crippen molar-refractivity contribution in [3.63, 3.8) is 0 Å². The van der Waals surface area contributed by atoms with Crippen molar-refractivity contribution in [2.75, 3.05) is 26.2 Å². The third-order valence-electron chi connectivity index (χ3n) is 6.05. The molecule has 0 unspecified atom stereocenters. The molecule has 0 radical (unpaired) electrons. The Kier molecular flexibility index (Phi) is 7.87. The van der Waals surface area contributed by atoms with Crippen molar-refractivity contribution < 1.29 is 0 Å². The van der Waals surface area contributed by atoms with Gasteiger partial charge in [0.05, 0.1) is 25.5 Å². The van der Waals surface area contributed by atoms with E-state index in [1.54, 1.807) is 0 Å². The molecule has 0 amide bonds. The molecule has 0 bridgehead atoms. The average molecular weight is 521 g/mol. The molecule has 10 heteroatoms. The van der Waals surface area contributed by atoms with Crippen LogP contribution in [0.4, 0.5) is 0 Å². The summed E-state index contributed by atoms with van der Waals surface area (Å²) >= 11 is 0. The molecule has 2 aliphatic rings. The Morgan fingerprint density at radius 3 is 1.50 bits per heavy atom. The highest BCUT2D eigenvalue weighted by molar-refractivity contribution is 6.23. The zero-order valence-corrected chi connectivity index (χ0v) is 21.0. The second-order valence-electron chi connectivity index (χ2n) is 8.17. The molecule has 0 spiro atoms.